The van der Waals surface area contributed by atoms with Gasteiger partial charge in [-0.05, 0) is 17.5 Å². The molecule has 0 bridgehead atoms. The van der Waals surface area contributed by atoms with E-state index in [1.807, 2.05) is 19.9 Å². The molecule has 1 aromatic carbocycles. The van der Waals surface area contributed by atoms with Crippen LogP contribution in [0, 0.1) is 17.1 Å². The molecular weight excluding hydrogens is 225 g/mol. The number of aromatic nitrogens is 1. The first-order chi connectivity index (χ1) is 7.54. The van der Waals surface area contributed by atoms with Crippen molar-refractivity contribution in [3.63, 3.8) is 0 Å². The minimum Gasteiger partial charge on any atom is -0.375 e. The molecule has 0 saturated carbocycles. The Morgan fingerprint density at radius 1 is 1.56 bits per heavy atom. The zero-order valence-electron chi connectivity index (χ0n) is 8.91. The van der Waals surface area contributed by atoms with E-state index >= 15 is 0 Å². The maximum absolute atomic E-state index is 13.6. The maximum Gasteiger partial charge on any atom is 0.181 e. The summed E-state index contributed by atoms with van der Waals surface area (Å²) in [7, 11) is 0. The predicted molar refractivity (Wildman–Crippen MR) is 62.8 cm³/mol. The molecule has 0 fully saturated rings. The molecule has 0 unspecified atom stereocenters. The normalized spacial score (nSPS) is 10.9. The van der Waals surface area contributed by atoms with Gasteiger partial charge in [-0.3, -0.25) is 0 Å². The van der Waals surface area contributed by atoms with E-state index in [1.165, 1.54) is 17.4 Å². The Bertz CT molecular complexity index is 595. The molecule has 0 atom stereocenters. The van der Waals surface area contributed by atoms with E-state index in [2.05, 4.69) is 4.98 Å². The van der Waals surface area contributed by atoms with Crippen molar-refractivity contribution in [2.75, 3.05) is 5.73 Å². The van der Waals surface area contributed by atoms with Gasteiger partial charge in [0.25, 0.3) is 0 Å². The molecule has 0 radical (unpaired) electrons. The number of fused-ring (bicyclic) bond motifs is 1. The third kappa shape index (κ3) is 1.51. The average molecular weight is 235 g/mol. The molecule has 5 heteroatoms. The van der Waals surface area contributed by atoms with Crippen LogP contribution in [-0.2, 0) is 0 Å². The van der Waals surface area contributed by atoms with E-state index < -0.39 is 5.82 Å². The molecule has 2 rings (SSSR count). The standard InChI is InChI=1S/C11H10FN3S/c1-5(2)8-6(4-13)3-7(12)9-10(8)16-11(14)15-9/h3,5H,1-2H3,(H2,14,15). The molecule has 0 amide bonds. The number of hydrogen-bond donors (Lipinski definition) is 1. The summed E-state index contributed by atoms with van der Waals surface area (Å²) >= 11 is 1.23. The molecule has 0 spiro atoms. The lowest BCUT2D eigenvalue weighted by Gasteiger charge is -2.08. The summed E-state index contributed by atoms with van der Waals surface area (Å²) < 4.78 is 14.3. The fourth-order valence-corrected chi connectivity index (χ4v) is 2.78. The Kier molecular flexibility index (Phi) is 2.52. The molecule has 82 valence electrons. The smallest absolute Gasteiger partial charge is 0.181 e. The van der Waals surface area contributed by atoms with Crippen molar-refractivity contribution in [2.45, 2.75) is 19.8 Å². The lowest BCUT2D eigenvalue weighted by Crippen LogP contribution is -1.95. The maximum atomic E-state index is 13.6. The van der Waals surface area contributed by atoms with Crippen LogP contribution in [0.1, 0.15) is 30.9 Å². The highest BCUT2D eigenvalue weighted by Crippen LogP contribution is 2.35. The Hall–Kier alpha value is -1.67. The predicted octanol–water partition coefficient (Wildman–Crippen LogP) is 3.01. The van der Waals surface area contributed by atoms with Gasteiger partial charge in [-0.1, -0.05) is 25.2 Å². The fourth-order valence-electron chi connectivity index (χ4n) is 1.74. The molecule has 1 heterocycles. The summed E-state index contributed by atoms with van der Waals surface area (Å²) in [6.07, 6.45) is 0. The van der Waals surface area contributed by atoms with E-state index in [4.69, 9.17) is 11.0 Å². The van der Waals surface area contributed by atoms with Gasteiger partial charge >= 0.3 is 0 Å². The second-order valence-corrected chi connectivity index (χ2v) is 4.85. The van der Waals surface area contributed by atoms with Gasteiger partial charge in [-0.2, -0.15) is 5.26 Å². The first-order valence-corrected chi connectivity index (χ1v) is 5.64. The highest BCUT2D eigenvalue weighted by molar-refractivity contribution is 7.22. The Labute approximate surface area is 96.3 Å². The minimum atomic E-state index is -0.482. The number of nitrogen functional groups attached to an aromatic ring is 1. The molecule has 2 N–H and O–H groups in total. The Morgan fingerprint density at radius 3 is 2.81 bits per heavy atom. The number of thiazole rings is 1. The number of nitriles is 1. The second kappa shape index (κ2) is 3.72. The van der Waals surface area contributed by atoms with Crippen LogP contribution in [-0.4, -0.2) is 4.98 Å². The lowest BCUT2D eigenvalue weighted by molar-refractivity contribution is 0.636. The van der Waals surface area contributed by atoms with Crippen molar-refractivity contribution in [3.8, 4) is 6.07 Å². The van der Waals surface area contributed by atoms with Crippen molar-refractivity contribution in [3.05, 3.63) is 23.0 Å². The summed E-state index contributed by atoms with van der Waals surface area (Å²) in [5, 5.41) is 9.32. The van der Waals surface area contributed by atoms with Gasteiger partial charge < -0.3 is 5.73 Å². The number of rotatable bonds is 1. The van der Waals surface area contributed by atoms with Gasteiger partial charge in [0.1, 0.15) is 5.52 Å². The molecular formula is C11H10FN3S. The third-order valence-corrected chi connectivity index (χ3v) is 3.29. The molecule has 2 aromatic rings. The SMILES string of the molecule is CC(C)c1c(C#N)cc(F)c2nc(N)sc12. The van der Waals surface area contributed by atoms with Crippen molar-refractivity contribution in [1.82, 2.24) is 4.98 Å². The van der Waals surface area contributed by atoms with Crippen LogP contribution in [0.4, 0.5) is 9.52 Å². The van der Waals surface area contributed by atoms with Crippen LogP contribution in [0.25, 0.3) is 10.2 Å². The lowest BCUT2D eigenvalue weighted by atomic mass is 9.97. The number of nitrogens with zero attached hydrogens (tertiary/aromatic N) is 2. The molecule has 3 nitrogen and oxygen atoms in total. The molecule has 16 heavy (non-hydrogen) atoms. The van der Waals surface area contributed by atoms with Crippen molar-refractivity contribution in [1.29, 1.82) is 5.26 Å². The van der Waals surface area contributed by atoms with Crippen molar-refractivity contribution in [2.24, 2.45) is 0 Å². The van der Waals surface area contributed by atoms with E-state index in [9.17, 15) is 4.39 Å². The van der Waals surface area contributed by atoms with E-state index in [0.29, 0.717) is 15.4 Å². The second-order valence-electron chi connectivity index (χ2n) is 3.82. The monoisotopic (exact) mass is 235 g/mol. The third-order valence-electron chi connectivity index (χ3n) is 2.37. The van der Waals surface area contributed by atoms with Crippen LogP contribution in [0.2, 0.25) is 0 Å². The highest BCUT2D eigenvalue weighted by atomic mass is 32.1. The van der Waals surface area contributed by atoms with Gasteiger partial charge in [-0.15, -0.1) is 0 Å². The molecule has 0 aliphatic heterocycles. The summed E-state index contributed by atoms with van der Waals surface area (Å²) in [6.45, 7) is 3.92. The van der Waals surface area contributed by atoms with Crippen molar-refractivity contribution >= 4 is 26.7 Å². The van der Waals surface area contributed by atoms with E-state index in [1.54, 1.807) is 0 Å². The zero-order chi connectivity index (χ0) is 11.9. The van der Waals surface area contributed by atoms with Crippen LogP contribution in [0.15, 0.2) is 6.07 Å². The minimum absolute atomic E-state index is 0.137. The fraction of sp³-hybridized carbons (Fsp3) is 0.273. The Morgan fingerprint density at radius 2 is 2.25 bits per heavy atom. The molecule has 0 aliphatic rings. The zero-order valence-corrected chi connectivity index (χ0v) is 9.73. The van der Waals surface area contributed by atoms with Crippen LogP contribution in [0.3, 0.4) is 0 Å². The van der Waals surface area contributed by atoms with E-state index in [0.717, 1.165) is 5.56 Å². The molecule has 0 saturated heterocycles. The van der Waals surface area contributed by atoms with Gasteiger partial charge in [-0.25, -0.2) is 9.37 Å². The van der Waals surface area contributed by atoms with Crippen LogP contribution < -0.4 is 5.73 Å². The summed E-state index contributed by atoms with van der Waals surface area (Å²) in [5.41, 5.74) is 7.04. The first-order valence-electron chi connectivity index (χ1n) is 4.83. The first kappa shape index (κ1) is 10.8. The van der Waals surface area contributed by atoms with Crippen LogP contribution in [0.5, 0.6) is 0 Å². The molecule has 1 aromatic heterocycles. The van der Waals surface area contributed by atoms with Gasteiger partial charge in [0, 0.05) is 0 Å². The Balaban J connectivity index is 2.93. The average Bonchev–Trinajstić information content (AvgIpc) is 2.58. The quantitative estimate of drug-likeness (QED) is 0.826. The number of halogens is 1. The van der Waals surface area contributed by atoms with Crippen LogP contribution >= 0.6 is 11.3 Å². The van der Waals surface area contributed by atoms with E-state index in [-0.39, 0.29) is 11.4 Å². The van der Waals surface area contributed by atoms with Gasteiger partial charge in [0.2, 0.25) is 0 Å². The highest BCUT2D eigenvalue weighted by Gasteiger charge is 2.18. The van der Waals surface area contributed by atoms with Crippen molar-refractivity contribution < 1.29 is 4.39 Å². The van der Waals surface area contributed by atoms with Gasteiger partial charge in [0.15, 0.2) is 10.9 Å². The number of nitrogens with two attached hydrogens (primary N) is 1. The van der Waals surface area contributed by atoms with Gasteiger partial charge in [0.05, 0.1) is 16.3 Å². The largest absolute Gasteiger partial charge is 0.375 e. The summed E-state index contributed by atoms with van der Waals surface area (Å²) in [6, 6.07) is 3.25. The molecule has 0 aliphatic carbocycles. The number of anilines is 1. The number of hydrogen-bond acceptors (Lipinski definition) is 4. The number of benzene rings is 1. The summed E-state index contributed by atoms with van der Waals surface area (Å²) in [5.74, 6) is -0.346. The topological polar surface area (TPSA) is 62.7 Å². The summed E-state index contributed by atoms with van der Waals surface area (Å²) in [4.78, 5) is 3.94.